The molecule has 0 fully saturated rings. The molecule has 7 nitrogen and oxygen atoms in total. The molecule has 0 radical (unpaired) electrons. The summed E-state index contributed by atoms with van der Waals surface area (Å²) in [7, 11) is 0. The summed E-state index contributed by atoms with van der Waals surface area (Å²) in [6.45, 7) is 4.64. The fraction of sp³-hybridized carbons (Fsp3) is 0.243. The number of aromatic nitrogens is 2. The van der Waals surface area contributed by atoms with Gasteiger partial charge in [0.2, 0.25) is 0 Å². The minimum absolute atomic E-state index is 0. The first kappa shape index (κ1) is 27.2. The maximum atomic E-state index is 6.41. The average Bonchev–Trinajstić information content (AvgIpc) is 3.74. The van der Waals surface area contributed by atoms with Crippen LogP contribution in [-0.4, -0.2) is 19.8 Å². The van der Waals surface area contributed by atoms with E-state index < -0.39 is 5.66 Å². The van der Waals surface area contributed by atoms with Crippen molar-refractivity contribution in [3.63, 3.8) is 0 Å². The van der Waals surface area contributed by atoms with E-state index in [0.29, 0.717) is 11.5 Å². The second-order valence-electron chi connectivity index (χ2n) is 12.3. The molecule has 45 heavy (non-hydrogen) atoms. The van der Waals surface area contributed by atoms with Crippen LogP contribution in [-0.2, 0) is 26.7 Å². The van der Waals surface area contributed by atoms with Gasteiger partial charge < -0.3 is 24.3 Å². The number of hydrogen-bond acceptors (Lipinski definition) is 7. The summed E-state index contributed by atoms with van der Waals surface area (Å²) in [5, 5.41) is 0. The Balaban J connectivity index is 0.00000281. The van der Waals surface area contributed by atoms with Crippen molar-refractivity contribution in [2.75, 3.05) is 9.80 Å². The zero-order valence-electron chi connectivity index (χ0n) is 24.6. The van der Waals surface area contributed by atoms with E-state index in [9.17, 15) is 0 Å². The quantitative estimate of drug-likeness (QED) is 0.169. The number of nitrogens with zero attached hydrogens (tertiary/aromatic N) is 6. The first-order chi connectivity index (χ1) is 21.8. The van der Waals surface area contributed by atoms with Gasteiger partial charge in [-0.25, -0.2) is 0 Å². The molecule has 8 heteroatoms. The number of ether oxygens (including phenoxy) is 1. The number of anilines is 2. The van der Waals surface area contributed by atoms with Gasteiger partial charge in [-0.3, -0.25) is 9.97 Å². The summed E-state index contributed by atoms with van der Waals surface area (Å²) in [6.07, 6.45) is 12.5. The Bertz CT molecular complexity index is 1780. The number of allylic oxidation sites excluding steroid dienone is 4. The zero-order valence-corrected chi connectivity index (χ0v) is 26.9. The van der Waals surface area contributed by atoms with E-state index in [1.54, 1.807) is 0 Å². The van der Waals surface area contributed by atoms with E-state index in [-0.39, 0.29) is 21.1 Å². The Morgan fingerprint density at radius 3 is 1.56 bits per heavy atom. The molecule has 224 valence electrons. The molecule has 0 saturated heterocycles. The van der Waals surface area contributed by atoms with E-state index >= 15 is 0 Å². The van der Waals surface area contributed by atoms with Crippen molar-refractivity contribution in [2.45, 2.75) is 57.0 Å². The molecule has 0 unspecified atom stereocenters. The van der Waals surface area contributed by atoms with Crippen LogP contribution in [0, 0.1) is 25.5 Å². The predicted octanol–water partition coefficient (Wildman–Crippen LogP) is 7.82. The SMILES string of the molecule is [Pt+4].[c-]1c2cccc1N1[CH-]N(C3=C1CCCC3)C1(c3cccnc3-c3ncccc31)N1[CH-]N(C3=C1CCCC3)c1[c-]c(ccc1)O2. The van der Waals surface area contributed by atoms with Crippen LogP contribution in [0.15, 0.2) is 95.8 Å². The predicted molar refractivity (Wildman–Crippen MR) is 167 cm³/mol. The molecule has 2 aromatic heterocycles. The molecule has 4 aromatic rings. The van der Waals surface area contributed by atoms with E-state index in [0.717, 1.165) is 85.3 Å². The molecule has 1 spiro atoms. The number of hydrogen-bond donors (Lipinski definition) is 0. The van der Waals surface area contributed by atoms with Crippen molar-refractivity contribution in [1.29, 1.82) is 0 Å². The second kappa shape index (κ2) is 10.2. The van der Waals surface area contributed by atoms with Crippen LogP contribution in [0.1, 0.15) is 62.5 Å². The summed E-state index contributed by atoms with van der Waals surface area (Å²) >= 11 is 0. The van der Waals surface area contributed by atoms with Gasteiger partial charge in [-0.1, -0.05) is 12.1 Å². The van der Waals surface area contributed by atoms with Crippen LogP contribution in [0.25, 0.3) is 11.4 Å². The molecule has 0 amide bonds. The number of pyridine rings is 2. The normalized spacial score (nSPS) is 20.3. The molecule has 6 aliphatic rings. The van der Waals surface area contributed by atoms with Crippen molar-refractivity contribution in [1.82, 2.24) is 19.8 Å². The third-order valence-electron chi connectivity index (χ3n) is 9.98. The van der Waals surface area contributed by atoms with E-state index in [1.165, 1.54) is 22.8 Å². The first-order valence-electron chi connectivity index (χ1n) is 15.8. The van der Waals surface area contributed by atoms with E-state index in [4.69, 9.17) is 14.7 Å². The fourth-order valence-corrected chi connectivity index (χ4v) is 8.19. The van der Waals surface area contributed by atoms with Crippen molar-refractivity contribution >= 4 is 11.4 Å². The monoisotopic (exact) mass is 769 g/mol. The molecule has 2 aromatic carbocycles. The summed E-state index contributed by atoms with van der Waals surface area (Å²) in [6, 6.07) is 28.2. The largest absolute Gasteiger partial charge is 4.00 e. The van der Waals surface area contributed by atoms with Gasteiger partial charge in [-0.2, -0.15) is 12.1 Å². The minimum Gasteiger partial charge on any atom is -0.509 e. The van der Waals surface area contributed by atoms with Crippen molar-refractivity contribution < 1.29 is 25.8 Å². The molecular formula is C37H30N6OPt. The van der Waals surface area contributed by atoms with Crippen molar-refractivity contribution in [3.8, 4) is 22.9 Å². The van der Waals surface area contributed by atoms with Gasteiger partial charge in [0.1, 0.15) is 5.66 Å². The molecule has 10 rings (SSSR count). The molecular weight excluding hydrogens is 740 g/mol. The summed E-state index contributed by atoms with van der Waals surface area (Å²) < 4.78 is 6.41. The van der Waals surface area contributed by atoms with Crippen LogP contribution in [0.2, 0.25) is 0 Å². The molecule has 5 heterocycles. The van der Waals surface area contributed by atoms with Gasteiger partial charge in [0.25, 0.3) is 0 Å². The number of rotatable bonds is 0. The average molecular weight is 770 g/mol. The minimum atomic E-state index is -0.706. The third kappa shape index (κ3) is 3.74. The summed E-state index contributed by atoms with van der Waals surface area (Å²) in [5.41, 5.74) is 10.8. The summed E-state index contributed by atoms with van der Waals surface area (Å²) in [4.78, 5) is 19.8. The standard InChI is InChI=1S/C37H30N6O.Pt/c1-3-17-33-31(15-1)40-23-42(33)37(29-13-7-19-38-35(29)36-30(37)14-8-20-39-36)43-24-41(32-16-2-4-18-34(32)43)26-10-6-12-28(22-26)44-27-11-5-9-25(40)21-27;/h5-14,19-20,23-24H,1-4,15-18H2;/q-4;+4. The third-order valence-corrected chi connectivity index (χ3v) is 9.98. The molecule has 3 aliphatic carbocycles. The van der Waals surface area contributed by atoms with Gasteiger partial charge in [0, 0.05) is 57.8 Å². The maximum Gasteiger partial charge on any atom is 4.00 e. The van der Waals surface area contributed by atoms with Crippen LogP contribution in [0.3, 0.4) is 0 Å². The Hall–Kier alpha value is -4.09. The van der Waals surface area contributed by atoms with Gasteiger partial charge in [-0.15, -0.1) is 61.1 Å². The molecule has 0 atom stereocenters. The van der Waals surface area contributed by atoms with E-state index in [1.807, 2.05) is 24.5 Å². The van der Waals surface area contributed by atoms with Crippen LogP contribution >= 0.6 is 0 Å². The molecule has 3 aliphatic heterocycles. The van der Waals surface area contributed by atoms with Gasteiger partial charge >= 0.3 is 21.1 Å². The van der Waals surface area contributed by atoms with Crippen molar-refractivity contribution in [2.24, 2.45) is 0 Å². The van der Waals surface area contributed by atoms with Gasteiger partial charge in [-0.05, 0) is 63.5 Å². The Morgan fingerprint density at radius 1 is 0.600 bits per heavy atom. The molecule has 8 bridgehead atoms. The maximum absolute atomic E-state index is 6.41. The Labute approximate surface area is 278 Å². The Kier molecular flexibility index (Phi) is 6.18. The topological polar surface area (TPSA) is 48.0 Å². The molecule has 0 N–H and O–H groups in total. The summed E-state index contributed by atoms with van der Waals surface area (Å²) in [5.74, 6) is 1.36. The second-order valence-corrected chi connectivity index (χ2v) is 12.3. The smallest absolute Gasteiger partial charge is 0.509 e. The first-order valence-corrected chi connectivity index (χ1v) is 15.8. The van der Waals surface area contributed by atoms with Crippen LogP contribution in [0.4, 0.5) is 11.4 Å². The van der Waals surface area contributed by atoms with Gasteiger partial charge in [0.15, 0.2) is 0 Å². The van der Waals surface area contributed by atoms with E-state index in [2.05, 4.69) is 93.6 Å². The zero-order chi connectivity index (χ0) is 28.8. The van der Waals surface area contributed by atoms with Crippen LogP contribution < -0.4 is 14.5 Å². The number of benzene rings is 2. The van der Waals surface area contributed by atoms with Gasteiger partial charge in [0.05, 0.1) is 11.4 Å². The number of fused-ring (bicyclic) bond motifs is 21. The van der Waals surface area contributed by atoms with Crippen LogP contribution in [0.5, 0.6) is 11.5 Å². The molecule has 0 saturated carbocycles. The fourth-order valence-electron chi connectivity index (χ4n) is 8.19. The Morgan fingerprint density at radius 2 is 1.07 bits per heavy atom. The van der Waals surface area contributed by atoms with Crippen molar-refractivity contribution in [3.05, 3.63) is 132 Å².